The summed E-state index contributed by atoms with van der Waals surface area (Å²) in [5.74, 6) is 0.146. The van der Waals surface area contributed by atoms with Crippen molar-refractivity contribution in [1.29, 1.82) is 0 Å². The molecule has 5 heteroatoms. The Hall–Kier alpha value is -1.85. The van der Waals surface area contributed by atoms with Crippen molar-refractivity contribution in [2.75, 3.05) is 0 Å². The molecule has 1 aromatic heterocycles. The summed E-state index contributed by atoms with van der Waals surface area (Å²) >= 11 is 1.72. The first-order chi connectivity index (χ1) is 9.70. The number of nitrogens with two attached hydrogens (primary N) is 1. The Kier molecular flexibility index (Phi) is 5.15. The summed E-state index contributed by atoms with van der Waals surface area (Å²) in [7, 11) is 0. The predicted molar refractivity (Wildman–Crippen MR) is 83.3 cm³/mol. The number of amidine groups is 1. The highest BCUT2D eigenvalue weighted by atomic mass is 32.1. The summed E-state index contributed by atoms with van der Waals surface area (Å²) in [5.41, 5.74) is 8.83. The molecule has 4 N–H and O–H groups in total. The molecule has 1 heterocycles. The van der Waals surface area contributed by atoms with Gasteiger partial charge < -0.3 is 16.3 Å². The first kappa shape index (κ1) is 14.6. The lowest BCUT2D eigenvalue weighted by Gasteiger charge is -2.15. The average Bonchev–Trinajstić information content (AvgIpc) is 2.97. The van der Waals surface area contributed by atoms with Gasteiger partial charge in [0.1, 0.15) is 0 Å². The summed E-state index contributed by atoms with van der Waals surface area (Å²) in [6, 6.07) is 10.2. The van der Waals surface area contributed by atoms with Crippen molar-refractivity contribution in [2.45, 2.75) is 25.9 Å². The van der Waals surface area contributed by atoms with Crippen molar-refractivity contribution >= 4 is 17.2 Å². The maximum Gasteiger partial charge on any atom is 0.170 e. The maximum absolute atomic E-state index is 8.80. The van der Waals surface area contributed by atoms with Crippen LogP contribution in [0.3, 0.4) is 0 Å². The summed E-state index contributed by atoms with van der Waals surface area (Å²) in [6.07, 6.45) is 0.995. The average molecular weight is 289 g/mol. The first-order valence-electron chi connectivity index (χ1n) is 6.51. The molecule has 1 atom stereocenters. The molecule has 4 nitrogen and oxygen atoms in total. The molecule has 2 aromatic rings. The molecule has 0 spiro atoms. The zero-order valence-corrected chi connectivity index (χ0v) is 12.2. The Labute approximate surface area is 122 Å². The minimum atomic E-state index is 0.146. The van der Waals surface area contributed by atoms with E-state index in [1.54, 1.807) is 11.3 Å². The van der Waals surface area contributed by atoms with E-state index in [4.69, 9.17) is 10.9 Å². The number of benzene rings is 1. The fourth-order valence-corrected chi connectivity index (χ4v) is 2.78. The second kappa shape index (κ2) is 7.07. The van der Waals surface area contributed by atoms with E-state index in [0.717, 1.165) is 17.5 Å². The molecule has 0 amide bonds. The lowest BCUT2D eigenvalue weighted by molar-refractivity contribution is 0.318. The van der Waals surface area contributed by atoms with Crippen LogP contribution >= 0.6 is 11.3 Å². The van der Waals surface area contributed by atoms with Crippen molar-refractivity contribution in [2.24, 2.45) is 10.9 Å². The number of oxime groups is 1. The standard InChI is InChI=1S/C15H19N3OS/c1-11(8-12-6-7-20-10-12)17-9-13-4-2-3-5-14(13)15(16)18-19/h2-7,10-11,17,19H,8-9H2,1H3,(H2,16,18). The molecule has 106 valence electrons. The second-order valence-corrected chi connectivity index (χ2v) is 5.54. The summed E-state index contributed by atoms with van der Waals surface area (Å²) in [6.45, 7) is 2.85. The molecule has 1 unspecified atom stereocenters. The van der Waals surface area contributed by atoms with Gasteiger partial charge in [-0.1, -0.05) is 29.4 Å². The van der Waals surface area contributed by atoms with Crippen LogP contribution in [0.1, 0.15) is 23.6 Å². The Balaban J connectivity index is 1.97. The van der Waals surface area contributed by atoms with Gasteiger partial charge in [-0.2, -0.15) is 11.3 Å². The van der Waals surface area contributed by atoms with Gasteiger partial charge in [0.15, 0.2) is 5.84 Å². The highest BCUT2D eigenvalue weighted by Gasteiger charge is 2.08. The van der Waals surface area contributed by atoms with Crippen molar-refractivity contribution in [3.8, 4) is 0 Å². The van der Waals surface area contributed by atoms with E-state index in [1.807, 2.05) is 24.3 Å². The summed E-state index contributed by atoms with van der Waals surface area (Å²) in [4.78, 5) is 0. The lowest BCUT2D eigenvalue weighted by atomic mass is 10.1. The van der Waals surface area contributed by atoms with Crippen molar-refractivity contribution in [1.82, 2.24) is 5.32 Å². The van der Waals surface area contributed by atoms with E-state index in [1.165, 1.54) is 5.56 Å². The van der Waals surface area contributed by atoms with Crippen LogP contribution in [0.2, 0.25) is 0 Å². The number of rotatable bonds is 6. The molecule has 20 heavy (non-hydrogen) atoms. The van der Waals surface area contributed by atoms with Gasteiger partial charge in [-0.05, 0) is 41.3 Å². The Bertz CT molecular complexity index is 566. The monoisotopic (exact) mass is 289 g/mol. The Morgan fingerprint density at radius 3 is 2.90 bits per heavy atom. The minimum absolute atomic E-state index is 0.146. The number of hydrogen-bond acceptors (Lipinski definition) is 4. The topological polar surface area (TPSA) is 70.6 Å². The third kappa shape index (κ3) is 3.82. The zero-order valence-electron chi connectivity index (χ0n) is 11.4. The van der Waals surface area contributed by atoms with Gasteiger partial charge in [0.05, 0.1) is 0 Å². The SMILES string of the molecule is CC(Cc1ccsc1)NCc1ccccc1C(N)=NO. The van der Waals surface area contributed by atoms with Crippen LogP contribution in [0.15, 0.2) is 46.2 Å². The van der Waals surface area contributed by atoms with E-state index in [0.29, 0.717) is 12.6 Å². The largest absolute Gasteiger partial charge is 0.409 e. The number of nitrogens with one attached hydrogen (secondary N) is 1. The van der Waals surface area contributed by atoms with Gasteiger partial charge in [-0.15, -0.1) is 0 Å². The van der Waals surface area contributed by atoms with Crippen LogP contribution in [0.25, 0.3) is 0 Å². The third-order valence-corrected chi connectivity index (χ3v) is 3.90. The maximum atomic E-state index is 8.80. The van der Waals surface area contributed by atoms with Crippen LogP contribution in [-0.2, 0) is 13.0 Å². The Morgan fingerprint density at radius 1 is 1.40 bits per heavy atom. The van der Waals surface area contributed by atoms with Gasteiger partial charge in [-0.3, -0.25) is 0 Å². The summed E-state index contributed by atoms with van der Waals surface area (Å²) in [5, 5.41) is 19.6. The molecule has 0 saturated heterocycles. The van der Waals surface area contributed by atoms with Crippen molar-refractivity contribution in [3.63, 3.8) is 0 Å². The Morgan fingerprint density at radius 2 is 2.20 bits per heavy atom. The van der Waals surface area contributed by atoms with Gasteiger partial charge in [-0.25, -0.2) is 0 Å². The van der Waals surface area contributed by atoms with Crippen molar-refractivity contribution in [3.05, 3.63) is 57.8 Å². The van der Waals surface area contributed by atoms with Crippen LogP contribution in [0, 0.1) is 0 Å². The molecule has 0 radical (unpaired) electrons. The van der Waals surface area contributed by atoms with E-state index in [-0.39, 0.29) is 5.84 Å². The van der Waals surface area contributed by atoms with Crippen LogP contribution in [0.5, 0.6) is 0 Å². The third-order valence-electron chi connectivity index (χ3n) is 3.16. The molecule has 0 aliphatic heterocycles. The molecule has 0 saturated carbocycles. The number of nitrogens with zero attached hydrogens (tertiary/aromatic N) is 1. The summed E-state index contributed by atoms with van der Waals surface area (Å²) < 4.78 is 0. The lowest BCUT2D eigenvalue weighted by Crippen LogP contribution is -2.28. The van der Waals surface area contributed by atoms with Crippen LogP contribution < -0.4 is 11.1 Å². The molecular formula is C15H19N3OS. The number of thiophene rings is 1. The van der Waals surface area contributed by atoms with E-state index >= 15 is 0 Å². The predicted octanol–water partition coefficient (Wildman–Crippen LogP) is 2.56. The molecular weight excluding hydrogens is 270 g/mol. The van der Waals surface area contributed by atoms with E-state index < -0.39 is 0 Å². The fraction of sp³-hybridized carbons (Fsp3) is 0.267. The minimum Gasteiger partial charge on any atom is -0.409 e. The zero-order chi connectivity index (χ0) is 14.4. The first-order valence-corrected chi connectivity index (χ1v) is 7.45. The quantitative estimate of drug-likeness (QED) is 0.331. The highest BCUT2D eigenvalue weighted by molar-refractivity contribution is 7.07. The smallest absolute Gasteiger partial charge is 0.170 e. The van der Waals surface area contributed by atoms with Crippen molar-refractivity contribution < 1.29 is 5.21 Å². The second-order valence-electron chi connectivity index (χ2n) is 4.76. The molecule has 0 aliphatic carbocycles. The van der Waals surface area contributed by atoms with Gasteiger partial charge in [0.25, 0.3) is 0 Å². The van der Waals surface area contributed by atoms with Crippen LogP contribution in [0.4, 0.5) is 0 Å². The molecule has 0 fully saturated rings. The normalized spacial score (nSPS) is 13.3. The molecule has 1 aromatic carbocycles. The highest BCUT2D eigenvalue weighted by Crippen LogP contribution is 2.11. The van der Waals surface area contributed by atoms with E-state index in [2.05, 4.69) is 34.2 Å². The number of hydrogen-bond donors (Lipinski definition) is 3. The van der Waals surface area contributed by atoms with Crippen LogP contribution in [-0.4, -0.2) is 17.1 Å². The molecule has 2 rings (SSSR count). The molecule has 0 bridgehead atoms. The van der Waals surface area contributed by atoms with Gasteiger partial charge >= 0.3 is 0 Å². The van der Waals surface area contributed by atoms with Gasteiger partial charge in [0.2, 0.25) is 0 Å². The molecule has 0 aliphatic rings. The fourth-order valence-electron chi connectivity index (χ4n) is 2.10. The van der Waals surface area contributed by atoms with E-state index in [9.17, 15) is 0 Å². The van der Waals surface area contributed by atoms with Gasteiger partial charge in [0, 0.05) is 18.2 Å².